The highest BCUT2D eigenvalue weighted by Crippen LogP contribution is 2.39. The van der Waals surface area contributed by atoms with Crippen LogP contribution in [0.4, 0.5) is 17.1 Å². The smallest absolute Gasteiger partial charge is 0.164 e. The van der Waals surface area contributed by atoms with E-state index in [2.05, 4.69) is 144 Å². The van der Waals surface area contributed by atoms with Crippen molar-refractivity contribution in [2.45, 2.75) is 0 Å². The Morgan fingerprint density at radius 2 is 0.780 bits per heavy atom. The quantitative estimate of drug-likeness (QED) is 0.188. The molecule has 0 saturated carbocycles. The van der Waals surface area contributed by atoms with Crippen molar-refractivity contribution in [1.29, 1.82) is 0 Å². The maximum atomic E-state index is 6.13. The second kappa shape index (κ2) is 11.4. The van der Waals surface area contributed by atoms with Crippen LogP contribution >= 0.6 is 0 Å². The van der Waals surface area contributed by atoms with Gasteiger partial charge in [-0.2, -0.15) is 0 Å². The summed E-state index contributed by atoms with van der Waals surface area (Å²) in [5.74, 6) is 1.84. The van der Waals surface area contributed by atoms with Crippen molar-refractivity contribution in [2.75, 3.05) is 4.90 Å². The van der Waals surface area contributed by atoms with Gasteiger partial charge in [0, 0.05) is 44.5 Å². The zero-order chi connectivity index (χ0) is 33.0. The Kier molecular flexibility index (Phi) is 6.42. The lowest BCUT2D eigenvalue weighted by molar-refractivity contribution is 0.669. The van der Waals surface area contributed by atoms with Crippen molar-refractivity contribution in [3.63, 3.8) is 0 Å². The van der Waals surface area contributed by atoms with Gasteiger partial charge in [0.25, 0.3) is 0 Å². The molecule has 3 heterocycles. The van der Waals surface area contributed by atoms with Crippen LogP contribution in [-0.2, 0) is 0 Å². The van der Waals surface area contributed by atoms with Crippen molar-refractivity contribution in [3.8, 4) is 56.4 Å². The fourth-order valence-corrected chi connectivity index (χ4v) is 6.98. The molecule has 0 atom stereocenters. The number of rotatable bonds is 2. The van der Waals surface area contributed by atoms with E-state index in [0.29, 0.717) is 17.5 Å². The van der Waals surface area contributed by atoms with Crippen LogP contribution in [0.2, 0.25) is 0 Å². The third-order valence-electron chi connectivity index (χ3n) is 9.40. The van der Waals surface area contributed by atoms with Crippen molar-refractivity contribution in [2.24, 2.45) is 0 Å². The topological polar surface area (TPSA) is 55.1 Å². The summed E-state index contributed by atoms with van der Waals surface area (Å²) >= 11 is 0. The van der Waals surface area contributed by atoms with Crippen LogP contribution in [0.3, 0.4) is 0 Å². The van der Waals surface area contributed by atoms with Crippen LogP contribution in [0, 0.1) is 0 Å². The molecule has 5 heteroatoms. The molecular formula is C45H28N4O. The van der Waals surface area contributed by atoms with E-state index in [1.54, 1.807) is 0 Å². The number of aromatic nitrogens is 3. The zero-order valence-electron chi connectivity index (χ0n) is 26.9. The minimum Gasteiger partial charge on any atom is -0.456 e. The summed E-state index contributed by atoms with van der Waals surface area (Å²) in [4.78, 5) is 17.6. The van der Waals surface area contributed by atoms with Gasteiger partial charge in [0.15, 0.2) is 17.5 Å². The van der Waals surface area contributed by atoms with Crippen LogP contribution < -0.4 is 4.90 Å². The Morgan fingerprint density at radius 1 is 0.320 bits per heavy atom. The highest BCUT2D eigenvalue weighted by atomic mass is 16.3. The lowest BCUT2D eigenvalue weighted by Gasteiger charge is -2.26. The molecule has 50 heavy (non-hydrogen) atoms. The molecule has 0 unspecified atom stereocenters. The first-order chi connectivity index (χ1) is 24.7. The van der Waals surface area contributed by atoms with E-state index in [1.807, 2.05) is 30.3 Å². The highest BCUT2D eigenvalue weighted by molar-refractivity contribution is 6.06. The third kappa shape index (κ3) is 4.83. The predicted octanol–water partition coefficient (Wildman–Crippen LogP) is 11.9. The molecule has 0 amide bonds. The van der Waals surface area contributed by atoms with E-state index in [4.69, 9.17) is 19.4 Å². The summed E-state index contributed by atoms with van der Waals surface area (Å²) in [6.45, 7) is 0. The zero-order valence-corrected chi connectivity index (χ0v) is 26.9. The van der Waals surface area contributed by atoms with Gasteiger partial charge >= 0.3 is 0 Å². The normalized spacial score (nSPS) is 12.0. The average Bonchev–Trinajstić information content (AvgIpc) is 3.56. The summed E-state index contributed by atoms with van der Waals surface area (Å²) in [5, 5.41) is 2.10. The van der Waals surface area contributed by atoms with E-state index >= 15 is 0 Å². The number of benzene rings is 7. The molecule has 1 aliphatic heterocycles. The van der Waals surface area contributed by atoms with Crippen molar-refractivity contribution >= 4 is 39.0 Å². The summed E-state index contributed by atoms with van der Waals surface area (Å²) in [6, 6.07) is 59.1. The summed E-state index contributed by atoms with van der Waals surface area (Å²) in [5.41, 5.74) is 12.0. The van der Waals surface area contributed by atoms with Gasteiger partial charge in [0.05, 0.1) is 0 Å². The first-order valence-electron chi connectivity index (χ1n) is 16.7. The molecule has 0 spiro atoms. The van der Waals surface area contributed by atoms with Crippen LogP contribution in [0.15, 0.2) is 174 Å². The van der Waals surface area contributed by atoms with Gasteiger partial charge in [-0.05, 0) is 95.1 Å². The minimum absolute atomic E-state index is 0.608. The highest BCUT2D eigenvalue weighted by Gasteiger charge is 2.18. The molecule has 0 fully saturated rings. The molecule has 0 N–H and O–H groups in total. The molecule has 2 aromatic heterocycles. The second-order valence-corrected chi connectivity index (χ2v) is 12.5. The summed E-state index contributed by atoms with van der Waals surface area (Å²) in [7, 11) is 0. The van der Waals surface area contributed by atoms with Crippen LogP contribution in [0.1, 0.15) is 0 Å². The summed E-state index contributed by atoms with van der Waals surface area (Å²) < 4.78 is 6.13. The van der Waals surface area contributed by atoms with Crippen molar-refractivity contribution in [1.82, 2.24) is 15.0 Å². The second-order valence-electron chi connectivity index (χ2n) is 12.5. The molecule has 0 radical (unpaired) electrons. The maximum Gasteiger partial charge on any atom is 0.164 e. The number of furan rings is 1. The first-order valence-corrected chi connectivity index (χ1v) is 16.7. The fourth-order valence-electron chi connectivity index (χ4n) is 6.98. The third-order valence-corrected chi connectivity index (χ3v) is 9.40. The molecule has 10 bridgehead atoms. The molecule has 5 nitrogen and oxygen atoms in total. The molecule has 234 valence electrons. The number of hydrogen-bond acceptors (Lipinski definition) is 5. The van der Waals surface area contributed by atoms with E-state index < -0.39 is 0 Å². The molecule has 0 saturated heterocycles. The number of fused-ring (bicyclic) bond motifs is 17. The SMILES string of the molecule is c1ccc(N2c3cccc(c3)-c3cccc(c3)-c3nc(nc(-c4ccc5oc6ccccc6c5c4)n3)-c3cccc(c3)-c3cccc2c3)cc1. The lowest BCUT2D eigenvalue weighted by Crippen LogP contribution is -2.10. The average molecular weight is 641 g/mol. The van der Waals surface area contributed by atoms with E-state index in [1.165, 1.54) is 0 Å². The van der Waals surface area contributed by atoms with Gasteiger partial charge in [-0.25, -0.2) is 15.0 Å². The number of anilines is 3. The largest absolute Gasteiger partial charge is 0.456 e. The summed E-state index contributed by atoms with van der Waals surface area (Å²) in [6.07, 6.45) is 0. The Balaban J connectivity index is 1.22. The Morgan fingerprint density at radius 3 is 1.40 bits per heavy atom. The van der Waals surface area contributed by atoms with Gasteiger partial charge in [-0.3, -0.25) is 0 Å². The fraction of sp³-hybridized carbons (Fsp3) is 0. The number of nitrogens with zero attached hydrogens (tertiary/aromatic N) is 4. The van der Waals surface area contributed by atoms with Crippen LogP contribution in [0.5, 0.6) is 0 Å². The molecule has 10 rings (SSSR count). The standard InChI is InChI=1S/C45H28N4O/c1-2-16-36(17-3-1)49-37-18-8-12-31(26-37)29-10-6-14-33(24-29)43-46-44(34-15-7-11-30(25-34)32-13-9-19-38(49)27-32)48-45(47-43)35-22-23-42-40(28-35)39-20-4-5-21-41(39)50-42/h1-28H. The first kappa shape index (κ1) is 28.2. The van der Waals surface area contributed by atoms with Gasteiger partial charge in [-0.1, -0.05) is 97.1 Å². The Labute approximate surface area is 288 Å². The number of para-hydroxylation sites is 2. The van der Waals surface area contributed by atoms with Crippen molar-refractivity contribution in [3.05, 3.63) is 170 Å². The lowest BCUT2D eigenvalue weighted by atomic mass is 9.99. The Bertz CT molecular complexity index is 2620. The van der Waals surface area contributed by atoms with Gasteiger partial charge in [0.1, 0.15) is 11.2 Å². The minimum atomic E-state index is 0.608. The predicted molar refractivity (Wildman–Crippen MR) is 203 cm³/mol. The van der Waals surface area contributed by atoms with E-state index in [0.717, 1.165) is 77.9 Å². The molecule has 0 aliphatic carbocycles. The van der Waals surface area contributed by atoms with E-state index in [-0.39, 0.29) is 0 Å². The van der Waals surface area contributed by atoms with Crippen molar-refractivity contribution < 1.29 is 4.42 Å². The maximum absolute atomic E-state index is 6.13. The van der Waals surface area contributed by atoms with Gasteiger partial charge in [-0.15, -0.1) is 0 Å². The van der Waals surface area contributed by atoms with Crippen LogP contribution in [0.25, 0.3) is 78.4 Å². The molecule has 1 aliphatic rings. The van der Waals surface area contributed by atoms with Gasteiger partial charge < -0.3 is 9.32 Å². The van der Waals surface area contributed by atoms with E-state index in [9.17, 15) is 0 Å². The molecule has 7 aromatic carbocycles. The number of hydrogen-bond donors (Lipinski definition) is 0. The molecular weight excluding hydrogens is 613 g/mol. The monoisotopic (exact) mass is 640 g/mol. The van der Waals surface area contributed by atoms with Gasteiger partial charge in [0.2, 0.25) is 0 Å². The van der Waals surface area contributed by atoms with Crippen LogP contribution in [-0.4, -0.2) is 15.0 Å². The Hall–Kier alpha value is -6.85. The molecule has 9 aromatic rings.